The minimum Gasteiger partial charge on any atom is -0.426 e. The zero-order valence-corrected chi connectivity index (χ0v) is 97.5. The van der Waals surface area contributed by atoms with E-state index in [1.807, 2.05) is 0 Å². The van der Waals surface area contributed by atoms with Crippen LogP contribution >= 0.6 is 191 Å². The van der Waals surface area contributed by atoms with Crippen molar-refractivity contribution in [3.8, 4) is 69.0 Å². The molecule has 36 heteroatoms. The van der Waals surface area contributed by atoms with Gasteiger partial charge in [0, 0.05) is 92.4 Å². The first-order chi connectivity index (χ1) is 61.9. The Morgan fingerprint density at radius 1 is 0.162 bits per heavy atom. The smallest absolute Gasteiger partial charge is 0.327 e. The van der Waals surface area contributed by atoms with E-state index in [1.165, 1.54) is 208 Å². The summed E-state index contributed by atoms with van der Waals surface area (Å²) in [6.45, 7) is 36.8. The number of hydrogen-bond donors (Lipinski definition) is 0. The maximum Gasteiger partial charge on any atom is 0.327 e. The van der Waals surface area contributed by atoms with Gasteiger partial charge < -0.3 is 56.8 Å². The van der Waals surface area contributed by atoms with Crippen LogP contribution in [0.3, 0.4) is 0 Å². The largest absolute Gasteiger partial charge is 0.426 e. The third-order valence-electron chi connectivity index (χ3n) is 20.2. The fraction of sp³-hybridized carbons (Fsp3) is 0.400. The minimum absolute atomic E-state index is 0.00795. The van der Waals surface area contributed by atoms with Gasteiger partial charge in [-0.2, -0.15) is 0 Å². The lowest BCUT2D eigenvalue weighted by atomic mass is 9.75. The fourth-order valence-corrected chi connectivity index (χ4v) is 13.6. The topological polar surface area (TPSA) is 316 Å². The van der Waals surface area contributed by atoms with E-state index in [0.717, 1.165) is 0 Å². The standard InChI is InChI=1S/C100H100Br12O24/c1-89(2,101)77(113)125-53-33-25-49(26-34-53)73-57-41-59(67(131-83(119)95(13,14)107)45-65(57)129-81(117)93(9,10)105)74(50-27-35-54(36-28-50)126-78(114)90(3,4)102)61-43-63(71(135-87(123)99(21,22)111)47-69(61)133-85(121)97(17,18)109)76(52-31-39-56(40-32-52)128-80(116)92(7,8)104)64-44-62(70(134-86(122)98(19,20)110)48-72(64)136-88(124)100(23,24)112)75(51-29-37-55(38-30-51)127-79(115)91(5,6)103)60-42-58(73)66(130-82(118)94(11,12)106)46-68(60)132-84(120)96(15,16)108/h25-48,73-76H,1-24H3. The summed E-state index contributed by atoms with van der Waals surface area (Å²) in [5, 5.41) is 0. The van der Waals surface area contributed by atoms with Crippen LogP contribution in [0.5, 0.6) is 69.0 Å². The quantitative estimate of drug-likeness (QED) is 0.0250. The number of hydrogen-bond acceptors (Lipinski definition) is 24. The van der Waals surface area contributed by atoms with Crippen LogP contribution in [0.1, 0.15) is 257 Å². The van der Waals surface area contributed by atoms with Gasteiger partial charge in [0.25, 0.3) is 0 Å². The summed E-state index contributed by atoms with van der Waals surface area (Å²) in [6, 6.07) is 35.4. The number of alkyl halides is 12. The average molecular weight is 2640 g/mol. The number of fused-ring (bicyclic) bond motifs is 8. The summed E-state index contributed by atoms with van der Waals surface area (Å²) >= 11 is 42.1. The van der Waals surface area contributed by atoms with Crippen molar-refractivity contribution in [2.75, 3.05) is 0 Å². The highest BCUT2D eigenvalue weighted by atomic mass is 79.9. The van der Waals surface area contributed by atoms with Crippen molar-refractivity contribution in [3.05, 3.63) is 212 Å². The Morgan fingerprint density at radius 3 is 0.353 bits per heavy atom. The maximum absolute atomic E-state index is 15.6. The third kappa shape index (κ3) is 28.8. The van der Waals surface area contributed by atoms with Gasteiger partial charge in [-0.3, -0.25) is 57.5 Å². The van der Waals surface area contributed by atoms with E-state index < -0.39 is 193 Å². The maximum atomic E-state index is 15.6. The monoisotopic (exact) mass is 2630 g/mol. The predicted molar refractivity (Wildman–Crippen MR) is 559 cm³/mol. The molecule has 0 atom stereocenters. The van der Waals surface area contributed by atoms with Gasteiger partial charge in [-0.1, -0.05) is 240 Å². The summed E-state index contributed by atoms with van der Waals surface area (Å²) in [4.78, 5) is 180. The van der Waals surface area contributed by atoms with Crippen LogP contribution in [0.15, 0.2) is 146 Å². The molecule has 8 aromatic carbocycles. The number of ether oxygens (including phenoxy) is 12. The van der Waals surface area contributed by atoms with Gasteiger partial charge in [0.15, 0.2) is 0 Å². The Labute approximate surface area is 891 Å². The molecule has 0 heterocycles. The molecule has 8 bridgehead atoms. The molecule has 0 aliphatic heterocycles. The van der Waals surface area contributed by atoms with E-state index >= 15 is 38.4 Å². The molecular formula is C100H100Br12O24. The second-order valence-corrected chi connectivity index (χ2v) is 61.9. The van der Waals surface area contributed by atoms with Gasteiger partial charge in [-0.25, -0.2) is 0 Å². The molecule has 136 heavy (non-hydrogen) atoms. The lowest BCUT2D eigenvalue weighted by Gasteiger charge is -2.33. The second-order valence-electron chi connectivity index (χ2n) is 38.1. The first-order valence-electron chi connectivity index (χ1n) is 42.0. The highest BCUT2D eigenvalue weighted by molar-refractivity contribution is 9.12. The summed E-state index contributed by atoms with van der Waals surface area (Å²) in [6.07, 6.45) is 0. The van der Waals surface area contributed by atoms with E-state index in [9.17, 15) is 19.2 Å². The molecule has 0 radical (unpaired) electrons. The van der Waals surface area contributed by atoms with Gasteiger partial charge >= 0.3 is 71.6 Å². The van der Waals surface area contributed by atoms with Crippen molar-refractivity contribution in [1.82, 2.24) is 0 Å². The summed E-state index contributed by atoms with van der Waals surface area (Å²) in [7, 11) is 0. The zero-order valence-electron chi connectivity index (χ0n) is 78.5. The van der Waals surface area contributed by atoms with Crippen LogP contribution in [-0.4, -0.2) is 124 Å². The Balaban J connectivity index is 1.81. The lowest BCUT2D eigenvalue weighted by molar-refractivity contribution is -0.137. The Morgan fingerprint density at radius 2 is 0.257 bits per heavy atom. The van der Waals surface area contributed by atoms with E-state index in [2.05, 4.69) is 191 Å². The molecule has 0 saturated heterocycles. The van der Waals surface area contributed by atoms with Gasteiger partial charge in [-0.05, 0) is 261 Å². The molecule has 0 saturated carbocycles. The molecule has 0 unspecified atom stereocenters. The molecule has 0 fully saturated rings. The van der Waals surface area contributed by atoms with E-state index in [4.69, 9.17) is 56.8 Å². The number of carbonyl (C=O) groups is 12. The fourth-order valence-electron chi connectivity index (χ4n) is 12.6. The summed E-state index contributed by atoms with van der Waals surface area (Å²) < 4.78 is 61.1. The Hall–Kier alpha value is -6.84. The van der Waals surface area contributed by atoms with Crippen molar-refractivity contribution in [1.29, 1.82) is 0 Å². The van der Waals surface area contributed by atoms with Crippen LogP contribution in [-0.2, 0) is 57.5 Å². The number of carbonyl (C=O) groups excluding carboxylic acids is 12. The van der Waals surface area contributed by atoms with Crippen LogP contribution in [0.4, 0.5) is 0 Å². The molecule has 24 nitrogen and oxygen atoms in total. The molecule has 9 rings (SSSR count). The molecule has 728 valence electrons. The van der Waals surface area contributed by atoms with Gasteiger partial charge in [0.05, 0.1) is 0 Å². The second kappa shape index (κ2) is 42.4. The highest BCUT2D eigenvalue weighted by Gasteiger charge is 2.46. The van der Waals surface area contributed by atoms with E-state index in [-0.39, 0.29) is 89.8 Å². The van der Waals surface area contributed by atoms with Crippen LogP contribution < -0.4 is 56.8 Å². The molecule has 0 amide bonds. The molecule has 1 aliphatic carbocycles. The minimum atomic E-state index is -1.66. The number of esters is 12. The molecule has 0 aromatic heterocycles. The predicted octanol–water partition coefficient (Wildman–Crippen LogP) is 25.7. The van der Waals surface area contributed by atoms with Crippen LogP contribution in [0.25, 0.3) is 0 Å². The molecule has 8 aromatic rings. The number of halogens is 12. The Kier molecular flexibility index (Phi) is 35.1. The van der Waals surface area contributed by atoms with Crippen molar-refractivity contribution < 1.29 is 114 Å². The van der Waals surface area contributed by atoms with Crippen molar-refractivity contribution in [3.63, 3.8) is 0 Å². The normalized spacial score (nSPS) is 15.3. The molecule has 0 N–H and O–H groups in total. The molecule has 1 aliphatic rings. The summed E-state index contributed by atoms with van der Waals surface area (Å²) in [5.41, 5.74) is -0.0877. The van der Waals surface area contributed by atoms with E-state index in [0.29, 0.717) is 0 Å². The van der Waals surface area contributed by atoms with E-state index in [1.54, 1.807) is 104 Å². The first-order valence-corrected chi connectivity index (χ1v) is 51.5. The molecular weight excluding hydrogens is 2540 g/mol. The Bertz CT molecular complexity index is 5070. The first kappa shape index (κ1) is 113. The van der Waals surface area contributed by atoms with Crippen LogP contribution in [0.2, 0.25) is 0 Å². The van der Waals surface area contributed by atoms with Crippen molar-refractivity contribution in [2.45, 2.75) is 242 Å². The number of benzene rings is 8. The average Bonchev–Trinajstić information content (AvgIpc) is 0.726. The number of rotatable bonds is 28. The van der Waals surface area contributed by atoms with Crippen molar-refractivity contribution >= 4 is 263 Å². The van der Waals surface area contributed by atoms with Crippen molar-refractivity contribution in [2.24, 2.45) is 0 Å². The lowest BCUT2D eigenvalue weighted by Crippen LogP contribution is -2.32. The van der Waals surface area contributed by atoms with Crippen LogP contribution in [0, 0.1) is 0 Å². The van der Waals surface area contributed by atoms with Gasteiger partial charge in [0.1, 0.15) is 121 Å². The highest BCUT2D eigenvalue weighted by Crippen LogP contribution is 2.57. The zero-order chi connectivity index (χ0) is 103. The molecule has 0 spiro atoms. The third-order valence-corrected chi connectivity index (χ3v) is 24.1. The van der Waals surface area contributed by atoms with Gasteiger partial charge in [0.2, 0.25) is 0 Å². The summed E-state index contributed by atoms with van der Waals surface area (Å²) in [5.74, 6) is -20.4. The van der Waals surface area contributed by atoms with Gasteiger partial charge in [-0.15, -0.1) is 0 Å². The SMILES string of the molecule is CC(C)(Br)C(=O)Oc1ccc(C2c3cc(c(OC(=O)C(C)(C)Br)cc3OC(=O)C(C)(C)Br)C(c3ccc(OC(=O)C(C)(C)Br)cc3)c3cc(c(OC(=O)C(C)(C)Br)cc3OC(=O)C(C)(C)Br)C(c3ccc(OC(=O)C(C)(C)Br)cc3)c3cc(c(OC(=O)C(C)(C)Br)cc3OC(=O)C(C)(C)Br)C(c3ccc(OC(=O)C(C)(C)Br)cc3)c3cc2c(OC(=O)C(C)(C)Br)cc3OC(=O)C(C)(C)Br)cc1.